The number of nitro groups is 1. The van der Waals surface area contributed by atoms with Crippen molar-refractivity contribution in [3.63, 3.8) is 0 Å². The number of hydrogen-bond acceptors (Lipinski definition) is 5. The van der Waals surface area contributed by atoms with Crippen molar-refractivity contribution in [2.24, 2.45) is 5.10 Å². The average molecular weight is 217 g/mol. The van der Waals surface area contributed by atoms with Crippen LogP contribution in [0.4, 0.5) is 5.69 Å². The largest absolute Gasteiger partial charge is 0.270 e. The van der Waals surface area contributed by atoms with E-state index in [0.717, 1.165) is 0 Å². The molecule has 7 heteroatoms. The van der Waals surface area contributed by atoms with Gasteiger partial charge in [0.15, 0.2) is 0 Å². The maximum absolute atomic E-state index is 10.5. The van der Waals surface area contributed by atoms with E-state index in [4.69, 9.17) is 0 Å². The van der Waals surface area contributed by atoms with Gasteiger partial charge in [-0.3, -0.25) is 10.1 Å². The summed E-state index contributed by atoms with van der Waals surface area (Å²) in [5.74, 6) is 0. The molecule has 0 aliphatic rings. The number of nitrogens with zero attached hydrogens (tertiary/aromatic N) is 5. The van der Waals surface area contributed by atoms with Crippen LogP contribution in [0.3, 0.4) is 0 Å². The SMILES string of the molecule is O=[N+]([O-])c1cccc(/C=N/n2cncn2)c1. The Hall–Kier alpha value is -2.57. The molecular formula is C9H7N5O2. The molecule has 7 nitrogen and oxygen atoms in total. The first-order valence-corrected chi connectivity index (χ1v) is 4.39. The van der Waals surface area contributed by atoms with Crippen LogP contribution in [0.5, 0.6) is 0 Å². The number of rotatable bonds is 3. The predicted molar refractivity (Wildman–Crippen MR) is 56.1 cm³/mol. The van der Waals surface area contributed by atoms with Crippen LogP contribution in [0.15, 0.2) is 42.0 Å². The molecule has 0 spiro atoms. The van der Waals surface area contributed by atoms with Gasteiger partial charge in [-0.25, -0.2) is 4.98 Å². The Balaban J connectivity index is 2.22. The number of non-ortho nitro benzene ring substituents is 1. The Morgan fingerprint density at radius 3 is 3.06 bits per heavy atom. The van der Waals surface area contributed by atoms with Crippen molar-refractivity contribution in [3.05, 3.63) is 52.6 Å². The van der Waals surface area contributed by atoms with Crippen LogP contribution in [0.25, 0.3) is 0 Å². The maximum atomic E-state index is 10.5. The van der Waals surface area contributed by atoms with E-state index in [0.29, 0.717) is 5.56 Å². The minimum absolute atomic E-state index is 0.0301. The van der Waals surface area contributed by atoms with Crippen LogP contribution in [-0.4, -0.2) is 26.0 Å². The summed E-state index contributed by atoms with van der Waals surface area (Å²) in [7, 11) is 0. The second kappa shape index (κ2) is 4.30. The van der Waals surface area contributed by atoms with Gasteiger partial charge in [-0.15, -0.1) is 9.89 Å². The molecule has 0 atom stereocenters. The van der Waals surface area contributed by atoms with Gasteiger partial charge in [-0.1, -0.05) is 12.1 Å². The van der Waals surface area contributed by atoms with Crippen molar-refractivity contribution in [1.82, 2.24) is 14.9 Å². The second-order valence-corrected chi connectivity index (χ2v) is 2.91. The molecule has 0 aliphatic heterocycles. The molecule has 2 rings (SSSR count). The van der Waals surface area contributed by atoms with Crippen molar-refractivity contribution in [3.8, 4) is 0 Å². The Bertz CT molecular complexity index is 520. The lowest BCUT2D eigenvalue weighted by Gasteiger charge is -1.93. The van der Waals surface area contributed by atoms with Crippen LogP contribution >= 0.6 is 0 Å². The van der Waals surface area contributed by atoms with E-state index in [9.17, 15) is 10.1 Å². The Labute approximate surface area is 90.2 Å². The van der Waals surface area contributed by atoms with Crippen molar-refractivity contribution >= 4 is 11.9 Å². The van der Waals surface area contributed by atoms with Gasteiger partial charge in [-0.05, 0) is 0 Å². The van der Waals surface area contributed by atoms with Gasteiger partial charge < -0.3 is 0 Å². The number of nitro benzene ring substituents is 1. The summed E-state index contributed by atoms with van der Waals surface area (Å²) in [5.41, 5.74) is 0.659. The molecule has 2 aromatic rings. The Kier molecular flexibility index (Phi) is 2.68. The molecule has 0 fully saturated rings. The van der Waals surface area contributed by atoms with E-state index >= 15 is 0 Å². The van der Waals surface area contributed by atoms with Gasteiger partial charge in [0.25, 0.3) is 5.69 Å². The molecule has 1 heterocycles. The lowest BCUT2D eigenvalue weighted by Crippen LogP contribution is -1.92. The van der Waals surface area contributed by atoms with Crippen LogP contribution in [0, 0.1) is 10.1 Å². The molecule has 16 heavy (non-hydrogen) atoms. The number of hydrogen-bond donors (Lipinski definition) is 0. The highest BCUT2D eigenvalue weighted by atomic mass is 16.6. The van der Waals surface area contributed by atoms with E-state index in [1.54, 1.807) is 12.1 Å². The zero-order valence-electron chi connectivity index (χ0n) is 8.09. The fourth-order valence-corrected chi connectivity index (χ4v) is 1.11. The highest BCUT2D eigenvalue weighted by Gasteiger charge is 2.03. The third kappa shape index (κ3) is 2.27. The summed E-state index contributed by atoms with van der Waals surface area (Å²) in [6.07, 6.45) is 4.25. The average Bonchev–Trinajstić information content (AvgIpc) is 2.79. The van der Waals surface area contributed by atoms with Gasteiger partial charge in [0.1, 0.15) is 12.7 Å². The molecule has 0 amide bonds. The van der Waals surface area contributed by atoms with E-state index in [1.807, 2.05) is 0 Å². The van der Waals surface area contributed by atoms with E-state index in [1.165, 1.54) is 35.8 Å². The molecule has 0 bridgehead atoms. The lowest BCUT2D eigenvalue weighted by atomic mass is 10.2. The van der Waals surface area contributed by atoms with E-state index in [-0.39, 0.29) is 5.69 Å². The third-order valence-corrected chi connectivity index (χ3v) is 1.81. The normalized spacial score (nSPS) is 10.8. The fraction of sp³-hybridized carbons (Fsp3) is 0. The number of aromatic nitrogens is 3. The minimum Gasteiger partial charge on any atom is -0.258 e. The summed E-state index contributed by atoms with van der Waals surface area (Å²) in [6.45, 7) is 0. The first kappa shape index (κ1) is 9.97. The third-order valence-electron chi connectivity index (χ3n) is 1.81. The summed E-state index contributed by atoms with van der Waals surface area (Å²) < 4.78 is 0. The molecule has 0 aliphatic carbocycles. The highest BCUT2D eigenvalue weighted by molar-refractivity contribution is 5.80. The first-order valence-electron chi connectivity index (χ1n) is 4.39. The molecule has 80 valence electrons. The zero-order chi connectivity index (χ0) is 11.4. The molecule has 1 aromatic heterocycles. The molecular weight excluding hydrogens is 210 g/mol. The molecule has 0 N–H and O–H groups in total. The maximum Gasteiger partial charge on any atom is 0.270 e. The minimum atomic E-state index is -0.452. The molecule has 0 radical (unpaired) electrons. The molecule has 0 saturated carbocycles. The van der Waals surface area contributed by atoms with E-state index in [2.05, 4.69) is 15.2 Å². The highest BCUT2D eigenvalue weighted by Crippen LogP contribution is 2.11. The van der Waals surface area contributed by atoms with Crippen molar-refractivity contribution in [1.29, 1.82) is 0 Å². The summed E-state index contributed by atoms with van der Waals surface area (Å²) >= 11 is 0. The van der Waals surface area contributed by atoms with Gasteiger partial charge in [0.05, 0.1) is 11.1 Å². The van der Waals surface area contributed by atoms with Gasteiger partial charge in [-0.2, -0.15) is 5.10 Å². The van der Waals surface area contributed by atoms with Crippen LogP contribution in [0.1, 0.15) is 5.56 Å². The van der Waals surface area contributed by atoms with Gasteiger partial charge in [0, 0.05) is 17.7 Å². The molecule has 0 unspecified atom stereocenters. The van der Waals surface area contributed by atoms with Crippen molar-refractivity contribution in [2.45, 2.75) is 0 Å². The fourth-order valence-electron chi connectivity index (χ4n) is 1.11. The smallest absolute Gasteiger partial charge is 0.258 e. The molecule has 1 aromatic carbocycles. The molecule has 0 saturated heterocycles. The standard InChI is InChI=1S/C9H7N5O2/c15-14(16)9-3-1-2-8(4-9)5-11-13-7-10-6-12-13/h1-7H/b11-5+. The van der Waals surface area contributed by atoms with Gasteiger partial charge >= 0.3 is 0 Å². The topological polar surface area (TPSA) is 86.2 Å². The number of benzene rings is 1. The van der Waals surface area contributed by atoms with E-state index < -0.39 is 4.92 Å². The summed E-state index contributed by atoms with van der Waals surface area (Å²) in [5, 5.41) is 18.2. The predicted octanol–water partition coefficient (Wildman–Crippen LogP) is 1.07. The van der Waals surface area contributed by atoms with Crippen molar-refractivity contribution in [2.75, 3.05) is 0 Å². The summed E-state index contributed by atoms with van der Waals surface area (Å²) in [4.78, 5) is 15.0. The van der Waals surface area contributed by atoms with Crippen LogP contribution in [0.2, 0.25) is 0 Å². The van der Waals surface area contributed by atoms with Gasteiger partial charge in [0.2, 0.25) is 0 Å². The second-order valence-electron chi connectivity index (χ2n) is 2.91. The van der Waals surface area contributed by atoms with Crippen LogP contribution < -0.4 is 0 Å². The Morgan fingerprint density at radius 2 is 2.38 bits per heavy atom. The Morgan fingerprint density at radius 1 is 1.50 bits per heavy atom. The van der Waals surface area contributed by atoms with Crippen LogP contribution in [-0.2, 0) is 0 Å². The summed E-state index contributed by atoms with van der Waals surface area (Å²) in [6, 6.07) is 6.17. The zero-order valence-corrected chi connectivity index (χ0v) is 8.09. The monoisotopic (exact) mass is 217 g/mol. The first-order chi connectivity index (χ1) is 7.75. The lowest BCUT2D eigenvalue weighted by molar-refractivity contribution is -0.384. The quantitative estimate of drug-likeness (QED) is 0.437. The van der Waals surface area contributed by atoms with Crippen molar-refractivity contribution < 1.29 is 4.92 Å².